The van der Waals surface area contributed by atoms with Gasteiger partial charge in [-0.15, -0.1) is 0 Å². The third-order valence-corrected chi connectivity index (χ3v) is 3.01. The molecule has 0 aromatic carbocycles. The SMILES string of the molecule is O=C1C(=O)[C@](O)([C@@H](O)[C@H](O)[C@H](O)CO)C(=O)CC1O. The summed E-state index contributed by atoms with van der Waals surface area (Å²) in [6.45, 7) is -1.01. The van der Waals surface area contributed by atoms with Crippen molar-refractivity contribution in [2.24, 2.45) is 0 Å². The quantitative estimate of drug-likeness (QED) is 0.218. The van der Waals surface area contributed by atoms with E-state index < -0.39 is 60.4 Å². The molecular weight excluding hydrogens is 264 g/mol. The Hall–Kier alpha value is -1.23. The van der Waals surface area contributed by atoms with Gasteiger partial charge in [-0.2, -0.15) is 0 Å². The van der Waals surface area contributed by atoms with Gasteiger partial charge in [0.2, 0.25) is 17.2 Å². The number of aliphatic hydroxyl groups is 6. The molecule has 1 fully saturated rings. The van der Waals surface area contributed by atoms with Crippen molar-refractivity contribution in [2.45, 2.75) is 36.4 Å². The van der Waals surface area contributed by atoms with Gasteiger partial charge in [-0.3, -0.25) is 14.4 Å². The first-order chi connectivity index (χ1) is 8.67. The van der Waals surface area contributed by atoms with Crippen molar-refractivity contribution < 1.29 is 45.0 Å². The summed E-state index contributed by atoms with van der Waals surface area (Å²) in [4.78, 5) is 34.3. The molecule has 1 aliphatic carbocycles. The van der Waals surface area contributed by atoms with Crippen LogP contribution in [0.1, 0.15) is 6.42 Å². The summed E-state index contributed by atoms with van der Waals surface area (Å²) < 4.78 is 0. The maximum absolute atomic E-state index is 11.5. The van der Waals surface area contributed by atoms with Gasteiger partial charge in [-0.1, -0.05) is 0 Å². The summed E-state index contributed by atoms with van der Waals surface area (Å²) >= 11 is 0. The van der Waals surface area contributed by atoms with E-state index in [-0.39, 0.29) is 0 Å². The van der Waals surface area contributed by atoms with Gasteiger partial charge in [-0.05, 0) is 0 Å². The molecule has 0 aromatic heterocycles. The van der Waals surface area contributed by atoms with E-state index in [2.05, 4.69) is 0 Å². The van der Waals surface area contributed by atoms with Crippen molar-refractivity contribution in [1.82, 2.24) is 0 Å². The topological polar surface area (TPSA) is 173 Å². The average molecular weight is 278 g/mol. The van der Waals surface area contributed by atoms with Crippen molar-refractivity contribution in [2.75, 3.05) is 6.61 Å². The standard InChI is InChI=1S/C10H14O9/c11-2-4(13)7(16)9(18)10(19)5(14)1-3(12)6(15)8(10)17/h3-4,7,9,11-13,16,18-19H,1-2H2/t3?,4-,7-,9+,10+/m1/s1. The lowest BCUT2D eigenvalue weighted by molar-refractivity contribution is -0.189. The average Bonchev–Trinajstić information content (AvgIpc) is 2.40. The fourth-order valence-corrected chi connectivity index (χ4v) is 1.75. The lowest BCUT2D eigenvalue weighted by Crippen LogP contribution is -2.67. The smallest absolute Gasteiger partial charge is 0.243 e. The second-order valence-electron chi connectivity index (χ2n) is 4.29. The molecule has 0 radical (unpaired) electrons. The van der Waals surface area contributed by atoms with Crippen LogP contribution in [0.4, 0.5) is 0 Å². The van der Waals surface area contributed by atoms with Gasteiger partial charge < -0.3 is 30.6 Å². The van der Waals surface area contributed by atoms with E-state index in [4.69, 9.17) is 15.3 Å². The molecule has 0 spiro atoms. The summed E-state index contributed by atoms with van der Waals surface area (Å²) in [6.07, 6.45) is -9.48. The number of carbonyl (C=O) groups is 3. The predicted molar refractivity (Wildman–Crippen MR) is 55.7 cm³/mol. The van der Waals surface area contributed by atoms with Crippen molar-refractivity contribution >= 4 is 17.3 Å². The second kappa shape index (κ2) is 5.41. The van der Waals surface area contributed by atoms with Crippen LogP contribution in [0.25, 0.3) is 0 Å². The van der Waals surface area contributed by atoms with Crippen LogP contribution in [0.2, 0.25) is 0 Å². The lowest BCUT2D eigenvalue weighted by Gasteiger charge is -2.36. The van der Waals surface area contributed by atoms with Crippen molar-refractivity contribution in [3.8, 4) is 0 Å². The van der Waals surface area contributed by atoms with E-state index in [0.29, 0.717) is 0 Å². The molecule has 6 N–H and O–H groups in total. The minimum atomic E-state index is -3.24. The number of hydrogen-bond acceptors (Lipinski definition) is 9. The summed E-state index contributed by atoms with van der Waals surface area (Å²) in [5.74, 6) is -4.61. The van der Waals surface area contributed by atoms with Crippen LogP contribution in [-0.2, 0) is 14.4 Å². The first-order valence-electron chi connectivity index (χ1n) is 5.35. The molecule has 1 unspecified atom stereocenters. The Morgan fingerprint density at radius 1 is 1.21 bits per heavy atom. The summed E-state index contributed by atoms with van der Waals surface area (Å²) in [5, 5.41) is 55.6. The molecule has 0 heterocycles. The van der Waals surface area contributed by atoms with E-state index in [1.165, 1.54) is 0 Å². The highest BCUT2D eigenvalue weighted by Gasteiger charge is 2.59. The fourth-order valence-electron chi connectivity index (χ4n) is 1.75. The highest BCUT2D eigenvalue weighted by molar-refractivity contribution is 6.48. The molecule has 0 aromatic rings. The first-order valence-corrected chi connectivity index (χ1v) is 5.35. The number of ketones is 3. The molecule has 0 saturated heterocycles. The van der Waals surface area contributed by atoms with Crippen LogP contribution in [0.15, 0.2) is 0 Å². The first kappa shape index (κ1) is 15.8. The van der Waals surface area contributed by atoms with Crippen LogP contribution < -0.4 is 0 Å². The van der Waals surface area contributed by atoms with Gasteiger partial charge in [0.05, 0.1) is 6.61 Å². The van der Waals surface area contributed by atoms with Gasteiger partial charge in [0.15, 0.2) is 5.78 Å². The third-order valence-electron chi connectivity index (χ3n) is 3.01. The molecule has 19 heavy (non-hydrogen) atoms. The van der Waals surface area contributed by atoms with E-state index in [9.17, 15) is 29.7 Å². The van der Waals surface area contributed by atoms with Crippen LogP contribution in [0.3, 0.4) is 0 Å². The highest BCUT2D eigenvalue weighted by Crippen LogP contribution is 2.26. The Labute approximate surface area is 106 Å². The second-order valence-corrected chi connectivity index (χ2v) is 4.29. The number of hydrogen-bond donors (Lipinski definition) is 6. The van der Waals surface area contributed by atoms with Gasteiger partial charge in [0, 0.05) is 6.42 Å². The molecule has 9 nitrogen and oxygen atoms in total. The van der Waals surface area contributed by atoms with Gasteiger partial charge in [0.1, 0.15) is 24.4 Å². The summed E-state index contributed by atoms with van der Waals surface area (Å²) in [6, 6.07) is 0. The molecular formula is C10H14O9. The molecule has 9 heteroatoms. The molecule has 0 aliphatic heterocycles. The Morgan fingerprint density at radius 2 is 1.74 bits per heavy atom. The number of aliphatic hydroxyl groups excluding tert-OH is 5. The molecule has 0 amide bonds. The fraction of sp³-hybridized carbons (Fsp3) is 0.700. The predicted octanol–water partition coefficient (Wildman–Crippen LogP) is -4.74. The van der Waals surface area contributed by atoms with Crippen LogP contribution >= 0.6 is 0 Å². The van der Waals surface area contributed by atoms with E-state index in [1.54, 1.807) is 0 Å². The van der Waals surface area contributed by atoms with Crippen molar-refractivity contribution in [1.29, 1.82) is 0 Å². The normalized spacial score (nSPS) is 33.2. The maximum atomic E-state index is 11.5. The largest absolute Gasteiger partial charge is 0.394 e. The number of Topliss-reactive ketones (excluding diaryl/α,β-unsaturated/α-hetero) is 3. The van der Waals surface area contributed by atoms with Crippen molar-refractivity contribution in [3.05, 3.63) is 0 Å². The number of rotatable bonds is 4. The third kappa shape index (κ3) is 2.43. The Morgan fingerprint density at radius 3 is 2.21 bits per heavy atom. The lowest BCUT2D eigenvalue weighted by atomic mass is 9.74. The molecule has 1 aliphatic rings. The van der Waals surface area contributed by atoms with E-state index in [1.807, 2.05) is 0 Å². The minimum absolute atomic E-state index is 0.903. The van der Waals surface area contributed by atoms with Crippen LogP contribution in [0, 0.1) is 0 Å². The van der Waals surface area contributed by atoms with Gasteiger partial charge in [-0.25, -0.2) is 0 Å². The molecule has 1 saturated carbocycles. The molecule has 0 bridgehead atoms. The molecule has 108 valence electrons. The Balaban J connectivity index is 3.10. The Bertz CT molecular complexity index is 406. The minimum Gasteiger partial charge on any atom is -0.394 e. The van der Waals surface area contributed by atoms with E-state index >= 15 is 0 Å². The van der Waals surface area contributed by atoms with Crippen LogP contribution in [-0.4, -0.2) is 84.6 Å². The van der Waals surface area contributed by atoms with Gasteiger partial charge >= 0.3 is 0 Å². The number of carbonyl (C=O) groups excluding carboxylic acids is 3. The summed E-state index contributed by atoms with van der Waals surface area (Å²) in [5.41, 5.74) is -3.24. The van der Waals surface area contributed by atoms with Crippen LogP contribution in [0.5, 0.6) is 0 Å². The zero-order chi connectivity index (χ0) is 15.0. The molecule has 5 atom stereocenters. The monoisotopic (exact) mass is 278 g/mol. The zero-order valence-electron chi connectivity index (χ0n) is 9.63. The zero-order valence-corrected chi connectivity index (χ0v) is 9.63. The maximum Gasteiger partial charge on any atom is 0.243 e. The van der Waals surface area contributed by atoms with E-state index in [0.717, 1.165) is 0 Å². The Kier molecular flexibility index (Phi) is 4.50. The highest BCUT2D eigenvalue weighted by atomic mass is 16.4. The summed E-state index contributed by atoms with van der Waals surface area (Å²) in [7, 11) is 0. The van der Waals surface area contributed by atoms with Crippen molar-refractivity contribution in [3.63, 3.8) is 0 Å². The molecule has 1 rings (SSSR count). The van der Waals surface area contributed by atoms with Gasteiger partial charge in [0.25, 0.3) is 0 Å².